The second kappa shape index (κ2) is 9.81. The first-order valence-corrected chi connectivity index (χ1v) is 10.3. The van der Waals surface area contributed by atoms with Gasteiger partial charge in [0.25, 0.3) is 7.41 Å². The first-order chi connectivity index (χ1) is 15.1. The van der Waals surface area contributed by atoms with Gasteiger partial charge in [-0.1, -0.05) is 68.8 Å². The Balaban J connectivity index is 2.49. The van der Waals surface area contributed by atoms with E-state index in [2.05, 4.69) is 71.1 Å². The third-order valence-corrected chi connectivity index (χ3v) is 5.26. The molecule has 0 atom stereocenters. The van der Waals surface area contributed by atoms with Crippen LogP contribution in [0.25, 0.3) is 46.3 Å². The molecule has 2 aromatic heterocycles. The van der Waals surface area contributed by atoms with Gasteiger partial charge in [0, 0.05) is 55.8 Å². The largest absolute Gasteiger partial charge is 0.382 e. The Morgan fingerprint density at radius 3 is 2.42 bits per heavy atom. The maximum absolute atomic E-state index is 4.53. The SMILES string of the molecule is C=C/C=C(Bn1c(C=C)c(-c2c(C=C)[nH]c(=C/C)/c2=C\C=C)c2ccccc21)\N=C/C. The second-order valence-corrected chi connectivity index (χ2v) is 6.98. The summed E-state index contributed by atoms with van der Waals surface area (Å²) in [5.41, 5.74) is 6.27. The summed E-state index contributed by atoms with van der Waals surface area (Å²) < 4.78 is 2.26. The number of aromatic amines is 1. The summed E-state index contributed by atoms with van der Waals surface area (Å²) in [6.45, 7) is 19.9. The summed E-state index contributed by atoms with van der Waals surface area (Å²) in [5, 5.41) is 3.28. The first kappa shape index (κ1) is 21.9. The standard InChI is InChI=1S/C27H28BN3/c1-7-15-19-21(9-3)30-22(10-4)26(19)27-20-17-13-14-18-24(20)31(23(27)11-5)28-25(16-8-2)29-12-6/h7-18,28,30H,1-2,4-5H2,3,6H3/b19-15+,21-9+,25-16-,29-12-. The van der Waals surface area contributed by atoms with Crippen LogP contribution >= 0.6 is 0 Å². The quantitative estimate of drug-likeness (QED) is 0.311. The highest BCUT2D eigenvalue weighted by atomic mass is 14.9. The maximum atomic E-state index is 4.53. The molecule has 0 saturated heterocycles. The zero-order valence-corrected chi connectivity index (χ0v) is 18.4. The van der Waals surface area contributed by atoms with Gasteiger partial charge in [0.05, 0.1) is 0 Å². The minimum Gasteiger partial charge on any atom is -0.382 e. The lowest BCUT2D eigenvalue weighted by atomic mass is 9.86. The van der Waals surface area contributed by atoms with E-state index in [9.17, 15) is 0 Å². The van der Waals surface area contributed by atoms with Crippen molar-refractivity contribution in [1.29, 1.82) is 0 Å². The van der Waals surface area contributed by atoms with E-state index in [1.807, 2.05) is 44.2 Å². The van der Waals surface area contributed by atoms with Crippen molar-refractivity contribution >= 4 is 48.8 Å². The number of aromatic nitrogens is 2. The highest BCUT2D eigenvalue weighted by Gasteiger charge is 2.21. The maximum Gasteiger partial charge on any atom is 0.296 e. The molecule has 0 unspecified atom stereocenters. The Morgan fingerprint density at radius 2 is 1.81 bits per heavy atom. The van der Waals surface area contributed by atoms with Crippen LogP contribution in [0.3, 0.4) is 0 Å². The molecule has 2 heterocycles. The van der Waals surface area contributed by atoms with Gasteiger partial charge in [0.15, 0.2) is 0 Å². The van der Waals surface area contributed by atoms with Gasteiger partial charge < -0.3 is 9.46 Å². The smallest absolute Gasteiger partial charge is 0.296 e. The highest BCUT2D eigenvalue weighted by Crippen LogP contribution is 2.35. The summed E-state index contributed by atoms with van der Waals surface area (Å²) in [6.07, 6.45) is 15.2. The van der Waals surface area contributed by atoms with E-state index in [0.29, 0.717) is 7.41 Å². The van der Waals surface area contributed by atoms with Crippen molar-refractivity contribution in [3.8, 4) is 11.1 Å². The predicted octanol–water partition coefficient (Wildman–Crippen LogP) is 5.01. The molecule has 0 aliphatic carbocycles. The van der Waals surface area contributed by atoms with Crippen LogP contribution in [0.4, 0.5) is 0 Å². The van der Waals surface area contributed by atoms with Crippen LogP contribution in [-0.2, 0) is 0 Å². The number of allylic oxidation sites excluding steroid dienone is 3. The van der Waals surface area contributed by atoms with Gasteiger partial charge in [-0.3, -0.25) is 4.99 Å². The van der Waals surface area contributed by atoms with Crippen LogP contribution in [0.2, 0.25) is 0 Å². The Kier molecular flexibility index (Phi) is 6.94. The molecule has 0 amide bonds. The number of para-hydroxylation sites is 1. The van der Waals surface area contributed by atoms with E-state index in [1.54, 1.807) is 12.3 Å². The van der Waals surface area contributed by atoms with E-state index in [4.69, 9.17) is 0 Å². The molecule has 0 bridgehead atoms. The fourth-order valence-electron chi connectivity index (χ4n) is 4.06. The van der Waals surface area contributed by atoms with Crippen molar-refractivity contribution in [1.82, 2.24) is 9.46 Å². The lowest BCUT2D eigenvalue weighted by Crippen LogP contribution is -2.23. The molecule has 31 heavy (non-hydrogen) atoms. The normalized spacial score (nSPS) is 13.2. The number of H-pyrrole nitrogens is 1. The lowest BCUT2D eigenvalue weighted by molar-refractivity contribution is 1.25. The fourth-order valence-corrected chi connectivity index (χ4v) is 4.06. The Bertz CT molecular complexity index is 1340. The molecule has 1 N–H and O–H groups in total. The van der Waals surface area contributed by atoms with Crippen molar-refractivity contribution in [3.05, 3.63) is 96.4 Å². The average Bonchev–Trinajstić information content (AvgIpc) is 3.28. The van der Waals surface area contributed by atoms with Gasteiger partial charge in [-0.2, -0.15) is 0 Å². The monoisotopic (exact) mass is 405 g/mol. The van der Waals surface area contributed by atoms with Crippen LogP contribution in [-0.4, -0.2) is 23.1 Å². The van der Waals surface area contributed by atoms with Crippen molar-refractivity contribution < 1.29 is 0 Å². The van der Waals surface area contributed by atoms with Gasteiger partial charge in [-0.25, -0.2) is 0 Å². The number of aliphatic imine (C=N–C) groups is 1. The molecule has 154 valence electrons. The van der Waals surface area contributed by atoms with E-state index >= 15 is 0 Å². The van der Waals surface area contributed by atoms with E-state index in [-0.39, 0.29) is 0 Å². The molecular weight excluding hydrogens is 377 g/mol. The minimum atomic E-state index is 0.610. The first-order valence-electron chi connectivity index (χ1n) is 10.3. The summed E-state index contributed by atoms with van der Waals surface area (Å²) >= 11 is 0. The van der Waals surface area contributed by atoms with Gasteiger partial charge in [-0.15, -0.1) is 0 Å². The molecular formula is C27H28BN3. The predicted molar refractivity (Wildman–Crippen MR) is 141 cm³/mol. The van der Waals surface area contributed by atoms with Crippen LogP contribution in [0.5, 0.6) is 0 Å². The van der Waals surface area contributed by atoms with Gasteiger partial charge >= 0.3 is 0 Å². The Morgan fingerprint density at radius 1 is 1.03 bits per heavy atom. The van der Waals surface area contributed by atoms with Crippen LogP contribution < -0.4 is 10.6 Å². The summed E-state index contributed by atoms with van der Waals surface area (Å²) in [4.78, 5) is 8.03. The third kappa shape index (κ3) is 3.97. The number of hydrogen-bond acceptors (Lipinski definition) is 1. The summed E-state index contributed by atoms with van der Waals surface area (Å²) in [6, 6.07) is 8.42. The Hall–Kier alpha value is -3.79. The second-order valence-electron chi connectivity index (χ2n) is 6.98. The number of nitrogens with zero attached hydrogens (tertiary/aromatic N) is 2. The van der Waals surface area contributed by atoms with Crippen LogP contribution in [0.1, 0.15) is 25.2 Å². The number of rotatable bonds is 8. The van der Waals surface area contributed by atoms with Crippen LogP contribution in [0, 0.1) is 0 Å². The Labute approximate surface area is 184 Å². The van der Waals surface area contributed by atoms with Gasteiger partial charge in [0.1, 0.15) is 0 Å². The van der Waals surface area contributed by atoms with Gasteiger partial charge in [0.2, 0.25) is 0 Å². The molecule has 0 spiro atoms. The average molecular weight is 405 g/mol. The number of nitrogens with one attached hydrogen (secondary N) is 1. The zero-order chi connectivity index (χ0) is 22.4. The topological polar surface area (TPSA) is 33.1 Å². The number of benzene rings is 1. The molecule has 4 heteroatoms. The van der Waals surface area contributed by atoms with Crippen molar-refractivity contribution in [3.63, 3.8) is 0 Å². The molecule has 0 fully saturated rings. The van der Waals surface area contributed by atoms with Crippen LogP contribution in [0.15, 0.2) is 79.4 Å². The fraction of sp³-hybridized carbons (Fsp3) is 0.0741. The molecule has 3 aromatic rings. The molecule has 1 aromatic carbocycles. The third-order valence-electron chi connectivity index (χ3n) is 5.26. The summed E-state index contributed by atoms with van der Waals surface area (Å²) in [5.74, 6) is 0. The zero-order valence-electron chi connectivity index (χ0n) is 18.4. The lowest BCUT2D eigenvalue weighted by Gasteiger charge is -2.09. The molecule has 3 rings (SSSR count). The minimum absolute atomic E-state index is 0.610. The van der Waals surface area contributed by atoms with E-state index in [0.717, 1.165) is 49.6 Å². The van der Waals surface area contributed by atoms with Crippen molar-refractivity contribution in [2.24, 2.45) is 4.99 Å². The number of fused-ring (bicyclic) bond motifs is 1. The molecule has 0 aliphatic rings. The molecule has 0 aliphatic heterocycles. The summed E-state index contributed by atoms with van der Waals surface area (Å²) in [7, 11) is 0.610. The van der Waals surface area contributed by atoms with E-state index < -0.39 is 0 Å². The molecule has 0 radical (unpaired) electrons. The molecule has 3 nitrogen and oxygen atoms in total. The van der Waals surface area contributed by atoms with Gasteiger partial charge in [-0.05, 0) is 38.1 Å². The van der Waals surface area contributed by atoms with E-state index in [1.165, 1.54) is 0 Å². The van der Waals surface area contributed by atoms with Crippen molar-refractivity contribution in [2.45, 2.75) is 13.8 Å². The molecule has 0 saturated carbocycles. The number of hydrogen-bond donors (Lipinski definition) is 1. The highest BCUT2D eigenvalue weighted by molar-refractivity contribution is 6.46. The van der Waals surface area contributed by atoms with Crippen molar-refractivity contribution in [2.75, 3.05) is 0 Å².